The summed E-state index contributed by atoms with van der Waals surface area (Å²) >= 11 is 0. The van der Waals surface area contributed by atoms with E-state index in [9.17, 15) is 0 Å². The number of rotatable bonds is 2. The van der Waals surface area contributed by atoms with Crippen molar-refractivity contribution in [3.05, 3.63) is 29.5 Å². The first-order valence-corrected chi connectivity index (χ1v) is 7.88. The van der Waals surface area contributed by atoms with Crippen LogP contribution in [-0.4, -0.2) is 34.2 Å². The standard InChI is InChI=1S/C17H20N4/c1-2-21-10-11(6-7-18)8-13-12-4-3-5-14-17(12)15(20-19-14)9-16(13)21/h3-5,11,13,16H,2,6,8-10H2,1H3,(H,19,20)/t11-,13?,16-/m1/s1. The summed E-state index contributed by atoms with van der Waals surface area (Å²) in [5.41, 5.74) is 3.82. The second-order valence-electron chi connectivity index (χ2n) is 6.37. The van der Waals surface area contributed by atoms with Crippen molar-refractivity contribution in [1.29, 1.82) is 5.26 Å². The van der Waals surface area contributed by atoms with E-state index in [1.807, 2.05) is 0 Å². The van der Waals surface area contributed by atoms with Crippen molar-refractivity contribution < 1.29 is 0 Å². The molecule has 1 fully saturated rings. The van der Waals surface area contributed by atoms with Crippen LogP contribution in [0.2, 0.25) is 0 Å². The molecular weight excluding hydrogens is 260 g/mol. The number of nitriles is 1. The number of hydrogen-bond acceptors (Lipinski definition) is 3. The molecule has 0 saturated carbocycles. The molecule has 3 atom stereocenters. The molecule has 0 amide bonds. The van der Waals surface area contributed by atoms with E-state index < -0.39 is 0 Å². The van der Waals surface area contributed by atoms with Crippen molar-refractivity contribution in [1.82, 2.24) is 15.1 Å². The smallest absolute Gasteiger partial charge is 0.0926 e. The molecule has 1 unspecified atom stereocenters. The fourth-order valence-corrected chi connectivity index (χ4v) is 4.39. The minimum absolute atomic E-state index is 0.500. The molecule has 4 nitrogen and oxygen atoms in total. The predicted molar refractivity (Wildman–Crippen MR) is 81.9 cm³/mol. The highest BCUT2D eigenvalue weighted by molar-refractivity contribution is 5.86. The van der Waals surface area contributed by atoms with Crippen LogP contribution in [0.15, 0.2) is 18.2 Å². The van der Waals surface area contributed by atoms with E-state index in [2.05, 4.69) is 46.3 Å². The average Bonchev–Trinajstić information content (AvgIpc) is 2.92. The van der Waals surface area contributed by atoms with Gasteiger partial charge in [-0.25, -0.2) is 0 Å². The third kappa shape index (κ3) is 1.88. The molecule has 4 heteroatoms. The van der Waals surface area contributed by atoms with Crippen LogP contribution in [0.25, 0.3) is 10.9 Å². The van der Waals surface area contributed by atoms with Crippen LogP contribution in [0.3, 0.4) is 0 Å². The van der Waals surface area contributed by atoms with Gasteiger partial charge < -0.3 is 0 Å². The molecule has 2 aromatic rings. The Morgan fingerprint density at radius 3 is 3.19 bits per heavy atom. The second-order valence-corrected chi connectivity index (χ2v) is 6.37. The number of likely N-dealkylation sites (N-methyl/N-ethyl adjacent to an activating group) is 1. The van der Waals surface area contributed by atoms with Gasteiger partial charge in [0, 0.05) is 42.4 Å². The summed E-state index contributed by atoms with van der Waals surface area (Å²) in [5, 5.41) is 18.1. The molecule has 108 valence electrons. The Hall–Kier alpha value is -1.86. The number of likely N-dealkylation sites (tertiary alicyclic amines) is 1. The van der Waals surface area contributed by atoms with Crippen LogP contribution >= 0.6 is 0 Å². The lowest BCUT2D eigenvalue weighted by Crippen LogP contribution is -2.49. The van der Waals surface area contributed by atoms with Crippen LogP contribution in [-0.2, 0) is 6.42 Å². The Labute approximate surface area is 124 Å². The lowest BCUT2D eigenvalue weighted by molar-refractivity contribution is 0.0910. The highest BCUT2D eigenvalue weighted by Crippen LogP contribution is 2.44. The number of nitrogens with one attached hydrogen (secondary N) is 1. The van der Waals surface area contributed by atoms with E-state index in [4.69, 9.17) is 5.26 Å². The zero-order chi connectivity index (χ0) is 14.4. The Balaban J connectivity index is 1.80. The molecule has 1 saturated heterocycles. The minimum Gasteiger partial charge on any atom is -0.299 e. The van der Waals surface area contributed by atoms with Gasteiger partial charge in [-0.3, -0.25) is 10.00 Å². The molecule has 1 aromatic heterocycles. The first-order valence-electron chi connectivity index (χ1n) is 7.88. The lowest BCUT2D eigenvalue weighted by atomic mass is 9.72. The molecule has 0 bridgehead atoms. The number of benzene rings is 1. The summed E-state index contributed by atoms with van der Waals surface area (Å²) in [6.07, 6.45) is 2.87. The SMILES string of the molecule is CCN1C[C@H](CC#N)CC2c3cccc4n[nH]c(c34)C[C@H]21. The van der Waals surface area contributed by atoms with Gasteiger partial charge in [0.05, 0.1) is 11.6 Å². The number of aromatic nitrogens is 2. The molecule has 1 aliphatic heterocycles. The van der Waals surface area contributed by atoms with Crippen LogP contribution in [0.1, 0.15) is 36.9 Å². The van der Waals surface area contributed by atoms with E-state index in [0.29, 0.717) is 24.3 Å². The van der Waals surface area contributed by atoms with Crippen molar-refractivity contribution in [3.63, 3.8) is 0 Å². The van der Waals surface area contributed by atoms with E-state index >= 15 is 0 Å². The zero-order valence-electron chi connectivity index (χ0n) is 12.3. The number of nitrogens with zero attached hydrogens (tertiary/aromatic N) is 3. The molecule has 21 heavy (non-hydrogen) atoms. The summed E-state index contributed by atoms with van der Waals surface area (Å²) in [4.78, 5) is 2.57. The first-order chi connectivity index (χ1) is 10.3. The Kier molecular flexibility index (Phi) is 2.97. The number of H-pyrrole nitrogens is 1. The molecule has 1 aliphatic carbocycles. The summed E-state index contributed by atoms with van der Waals surface area (Å²) in [5.74, 6) is 1.05. The summed E-state index contributed by atoms with van der Waals surface area (Å²) in [6.45, 7) is 4.35. The summed E-state index contributed by atoms with van der Waals surface area (Å²) in [6, 6.07) is 9.40. The molecular formula is C17H20N4. The summed E-state index contributed by atoms with van der Waals surface area (Å²) in [7, 11) is 0. The maximum Gasteiger partial charge on any atom is 0.0926 e. The van der Waals surface area contributed by atoms with Crippen molar-refractivity contribution in [2.24, 2.45) is 5.92 Å². The number of hydrogen-bond donors (Lipinski definition) is 1. The zero-order valence-corrected chi connectivity index (χ0v) is 12.3. The van der Waals surface area contributed by atoms with Gasteiger partial charge in [0.1, 0.15) is 0 Å². The number of aromatic amines is 1. The highest BCUT2D eigenvalue weighted by Gasteiger charge is 2.40. The average molecular weight is 280 g/mol. The van der Waals surface area contributed by atoms with E-state index in [1.54, 1.807) is 0 Å². The van der Waals surface area contributed by atoms with Gasteiger partial charge in [0.15, 0.2) is 0 Å². The normalized spacial score (nSPS) is 28.3. The van der Waals surface area contributed by atoms with Crippen LogP contribution < -0.4 is 0 Å². The van der Waals surface area contributed by atoms with Gasteiger partial charge in [-0.2, -0.15) is 10.4 Å². The molecule has 1 aromatic carbocycles. The van der Waals surface area contributed by atoms with Crippen molar-refractivity contribution in [2.45, 2.75) is 38.1 Å². The van der Waals surface area contributed by atoms with Gasteiger partial charge in [-0.15, -0.1) is 0 Å². The van der Waals surface area contributed by atoms with E-state index in [1.165, 1.54) is 16.6 Å². The van der Waals surface area contributed by atoms with Gasteiger partial charge in [0.25, 0.3) is 0 Å². The first kappa shape index (κ1) is 12.8. The highest BCUT2D eigenvalue weighted by atomic mass is 15.2. The summed E-state index contributed by atoms with van der Waals surface area (Å²) < 4.78 is 0. The Bertz CT molecular complexity index is 711. The molecule has 1 N–H and O–H groups in total. The monoisotopic (exact) mass is 280 g/mol. The van der Waals surface area contributed by atoms with Crippen LogP contribution in [0.4, 0.5) is 0 Å². The van der Waals surface area contributed by atoms with Gasteiger partial charge >= 0.3 is 0 Å². The van der Waals surface area contributed by atoms with Gasteiger partial charge in [0.2, 0.25) is 0 Å². The minimum atomic E-state index is 0.500. The Morgan fingerprint density at radius 2 is 2.38 bits per heavy atom. The number of piperidine rings is 1. The number of fused-ring (bicyclic) bond motifs is 2. The molecule has 0 spiro atoms. The van der Waals surface area contributed by atoms with Crippen LogP contribution in [0, 0.1) is 17.2 Å². The largest absolute Gasteiger partial charge is 0.299 e. The van der Waals surface area contributed by atoms with Crippen molar-refractivity contribution >= 4 is 10.9 Å². The fourth-order valence-electron chi connectivity index (χ4n) is 4.39. The van der Waals surface area contributed by atoms with E-state index in [0.717, 1.165) is 31.4 Å². The quantitative estimate of drug-likeness (QED) is 0.920. The lowest BCUT2D eigenvalue weighted by Gasteiger charge is -2.46. The fraction of sp³-hybridized carbons (Fsp3) is 0.529. The van der Waals surface area contributed by atoms with Crippen molar-refractivity contribution in [3.8, 4) is 6.07 Å². The topological polar surface area (TPSA) is 55.7 Å². The predicted octanol–water partition coefficient (Wildman–Crippen LogP) is 2.83. The Morgan fingerprint density at radius 1 is 1.48 bits per heavy atom. The molecule has 0 radical (unpaired) electrons. The third-order valence-corrected chi connectivity index (χ3v) is 5.30. The molecule has 2 heterocycles. The van der Waals surface area contributed by atoms with Crippen molar-refractivity contribution in [2.75, 3.05) is 13.1 Å². The second kappa shape index (κ2) is 4.85. The maximum atomic E-state index is 9.07. The maximum absolute atomic E-state index is 9.07. The van der Waals surface area contributed by atoms with Gasteiger partial charge in [-0.05, 0) is 30.5 Å². The van der Waals surface area contributed by atoms with E-state index in [-0.39, 0.29) is 0 Å². The molecule has 4 rings (SSSR count). The van der Waals surface area contributed by atoms with Crippen LogP contribution in [0.5, 0.6) is 0 Å². The third-order valence-electron chi connectivity index (χ3n) is 5.30. The molecule has 2 aliphatic rings. The van der Waals surface area contributed by atoms with Gasteiger partial charge in [-0.1, -0.05) is 19.1 Å².